The molecule has 0 N–H and O–H groups in total. The fraction of sp³-hybridized carbons (Fsp3) is 0. The molecule has 4 aliphatic heterocycles. The van der Waals surface area contributed by atoms with E-state index in [1.807, 2.05) is 0 Å². The van der Waals surface area contributed by atoms with Crippen LogP contribution in [0.1, 0.15) is 82.9 Å². The van der Waals surface area contributed by atoms with Gasteiger partial charge in [0.05, 0.1) is 33.4 Å². The van der Waals surface area contributed by atoms with E-state index in [2.05, 4.69) is 18.9 Å². The van der Waals surface area contributed by atoms with Crippen molar-refractivity contribution in [1.82, 2.24) is 0 Å². The van der Waals surface area contributed by atoms with Crippen molar-refractivity contribution in [3.63, 3.8) is 0 Å². The van der Waals surface area contributed by atoms with Crippen LogP contribution in [0.3, 0.4) is 0 Å². The van der Waals surface area contributed by atoms with Gasteiger partial charge in [-0.05, 0) is 60.7 Å². The first-order valence-corrected chi connectivity index (χ1v) is 13.0. The molecule has 0 amide bonds. The molecule has 4 aliphatic rings. The second-order valence-electron chi connectivity index (χ2n) is 9.68. The van der Waals surface area contributed by atoms with Crippen LogP contribution in [0.15, 0.2) is 72.8 Å². The molecule has 224 valence electrons. The molecule has 0 fully saturated rings. The summed E-state index contributed by atoms with van der Waals surface area (Å²) in [5.41, 5.74) is 0.739. The summed E-state index contributed by atoms with van der Waals surface area (Å²) in [5.74, 6) is -5.34. The number of rotatable bonds is 4. The lowest BCUT2D eigenvalue weighted by Crippen LogP contribution is -1.99. The summed E-state index contributed by atoms with van der Waals surface area (Å²) in [4.78, 5) is 92.4. The Kier molecular flexibility index (Phi) is 6.26. The molecule has 0 bridgehead atoms. The molecule has 0 saturated carbocycles. The summed E-state index contributed by atoms with van der Waals surface area (Å²) < 4.78 is 29.2. The van der Waals surface area contributed by atoms with Crippen molar-refractivity contribution in [3.05, 3.63) is 117 Å². The van der Waals surface area contributed by atoms with Crippen molar-refractivity contribution in [2.75, 3.05) is 0 Å². The van der Waals surface area contributed by atoms with Gasteiger partial charge < -0.3 is 28.4 Å². The fourth-order valence-corrected chi connectivity index (χ4v) is 4.88. The first-order chi connectivity index (χ1) is 22.1. The van der Waals surface area contributed by atoms with Gasteiger partial charge in [-0.25, -0.2) is 38.4 Å². The molecule has 4 aromatic rings. The molecule has 4 aromatic carbocycles. The van der Waals surface area contributed by atoms with Gasteiger partial charge in [0.15, 0.2) is 0 Å². The third kappa shape index (κ3) is 4.53. The lowest BCUT2D eigenvalue weighted by atomic mass is 10.1. The Hall–Kier alpha value is -6.96. The van der Waals surface area contributed by atoms with Gasteiger partial charge in [0, 0.05) is 0 Å². The Morgan fingerprint density at radius 2 is 0.696 bits per heavy atom. The topological polar surface area (TPSA) is 192 Å². The summed E-state index contributed by atoms with van der Waals surface area (Å²) in [6, 6.07) is 17.4. The monoisotopic (exact) mass is 620 g/mol. The molecule has 46 heavy (non-hydrogen) atoms. The zero-order chi connectivity index (χ0) is 32.3. The van der Waals surface area contributed by atoms with Crippen LogP contribution >= 0.6 is 0 Å². The highest BCUT2D eigenvalue weighted by atomic mass is 16.6. The Morgan fingerprint density at radius 1 is 0.348 bits per heavy atom. The molecule has 0 aliphatic carbocycles. The predicted molar refractivity (Wildman–Crippen MR) is 145 cm³/mol. The van der Waals surface area contributed by atoms with Gasteiger partial charge in [0.2, 0.25) is 0 Å². The van der Waals surface area contributed by atoms with Crippen LogP contribution < -0.4 is 9.47 Å². The van der Waals surface area contributed by atoms with Crippen molar-refractivity contribution in [1.29, 1.82) is 0 Å². The zero-order valence-electron chi connectivity index (χ0n) is 22.6. The molecule has 0 radical (unpaired) electrons. The van der Waals surface area contributed by atoms with E-state index in [4.69, 9.17) is 9.47 Å². The number of ether oxygens (including phenoxy) is 6. The van der Waals surface area contributed by atoms with Gasteiger partial charge in [-0.2, -0.15) is 0 Å². The molecule has 8 rings (SSSR count). The standard InChI is InChI=1S/2C16H6O7/c2*17-13-8-5-4-7(6-10(8)15(19)22-13)21-11-3-1-2-9-12(11)16(20)23-14(9)18/h2*1-6H. The van der Waals surface area contributed by atoms with Crippen molar-refractivity contribution < 1.29 is 66.8 Å². The van der Waals surface area contributed by atoms with Crippen molar-refractivity contribution in [2.45, 2.75) is 0 Å². The first-order valence-electron chi connectivity index (χ1n) is 13.0. The van der Waals surface area contributed by atoms with Crippen molar-refractivity contribution in [2.24, 2.45) is 0 Å². The van der Waals surface area contributed by atoms with Gasteiger partial charge in [0.1, 0.15) is 34.1 Å². The van der Waals surface area contributed by atoms with Crippen LogP contribution in [-0.4, -0.2) is 47.8 Å². The summed E-state index contributed by atoms with van der Waals surface area (Å²) in [6.45, 7) is 0. The Balaban J connectivity index is 0.000000147. The Labute approximate surface area is 254 Å². The normalized spacial score (nSPS) is 15.1. The molecule has 0 aromatic heterocycles. The number of cyclic esters (lactones) is 8. The van der Waals surface area contributed by atoms with Gasteiger partial charge in [-0.3, -0.25) is 0 Å². The van der Waals surface area contributed by atoms with Crippen LogP contribution in [-0.2, 0) is 18.9 Å². The van der Waals surface area contributed by atoms with Crippen LogP contribution in [0.4, 0.5) is 0 Å². The van der Waals surface area contributed by atoms with Gasteiger partial charge in [-0.15, -0.1) is 0 Å². The van der Waals surface area contributed by atoms with Gasteiger partial charge >= 0.3 is 47.8 Å². The largest absolute Gasteiger partial charge is 0.456 e. The third-order valence-electron chi connectivity index (χ3n) is 6.96. The molecular formula is C32H12O14. The Bertz CT molecular complexity index is 2010. The van der Waals surface area contributed by atoms with E-state index in [0.29, 0.717) is 0 Å². The van der Waals surface area contributed by atoms with E-state index in [-0.39, 0.29) is 67.5 Å². The highest BCUT2D eigenvalue weighted by molar-refractivity contribution is 6.18. The highest BCUT2D eigenvalue weighted by Crippen LogP contribution is 2.35. The number of esters is 8. The van der Waals surface area contributed by atoms with E-state index in [0.717, 1.165) is 0 Å². The second kappa shape index (κ2) is 10.3. The molecule has 14 heteroatoms. The molecule has 4 heterocycles. The van der Waals surface area contributed by atoms with E-state index < -0.39 is 47.8 Å². The van der Waals surface area contributed by atoms with Crippen LogP contribution in [0.5, 0.6) is 23.0 Å². The summed E-state index contributed by atoms with van der Waals surface area (Å²) >= 11 is 0. The summed E-state index contributed by atoms with van der Waals surface area (Å²) in [6.07, 6.45) is 0. The van der Waals surface area contributed by atoms with E-state index in [9.17, 15) is 38.4 Å². The summed E-state index contributed by atoms with van der Waals surface area (Å²) in [5, 5.41) is 0. The minimum atomic E-state index is -0.795. The zero-order valence-corrected chi connectivity index (χ0v) is 22.6. The van der Waals surface area contributed by atoms with Crippen LogP contribution in [0.2, 0.25) is 0 Å². The first kappa shape index (κ1) is 27.8. The molecule has 0 atom stereocenters. The number of benzene rings is 4. The molecule has 0 spiro atoms. The van der Waals surface area contributed by atoms with E-state index in [1.165, 1.54) is 60.7 Å². The number of hydrogen-bond acceptors (Lipinski definition) is 14. The lowest BCUT2D eigenvalue weighted by Gasteiger charge is -2.08. The van der Waals surface area contributed by atoms with Gasteiger partial charge in [0.25, 0.3) is 0 Å². The third-order valence-corrected chi connectivity index (χ3v) is 6.96. The average molecular weight is 620 g/mol. The predicted octanol–water partition coefficient (Wildman–Crippen LogP) is 4.20. The number of fused-ring (bicyclic) bond motifs is 4. The number of carbonyl (C=O) groups is 8. The Morgan fingerprint density at radius 3 is 1.11 bits per heavy atom. The smallest absolute Gasteiger partial charge is 0.350 e. The minimum Gasteiger partial charge on any atom is -0.456 e. The SMILES string of the molecule is O=C1OC(=O)c2cc(Oc3cccc4c3C(=O)OC4=O)ccc21.O=C1OC(=O)c2cc(Oc3cccc4c3C(=O)OC4=O)ccc21. The lowest BCUT2D eigenvalue weighted by molar-refractivity contribution is 0.0424. The average Bonchev–Trinajstić information content (AvgIpc) is 3.70. The molecular weight excluding hydrogens is 608 g/mol. The van der Waals surface area contributed by atoms with E-state index in [1.54, 1.807) is 12.1 Å². The van der Waals surface area contributed by atoms with Crippen LogP contribution in [0, 0.1) is 0 Å². The summed E-state index contributed by atoms with van der Waals surface area (Å²) in [7, 11) is 0. The maximum absolute atomic E-state index is 11.7. The number of carbonyl (C=O) groups excluding carboxylic acids is 8. The quantitative estimate of drug-likeness (QED) is 0.179. The molecule has 14 nitrogen and oxygen atoms in total. The second-order valence-corrected chi connectivity index (χ2v) is 9.68. The molecule has 0 unspecified atom stereocenters. The molecule has 0 saturated heterocycles. The van der Waals surface area contributed by atoms with Crippen molar-refractivity contribution >= 4 is 47.8 Å². The maximum Gasteiger partial charge on any atom is 0.350 e. The van der Waals surface area contributed by atoms with Crippen LogP contribution in [0.25, 0.3) is 0 Å². The van der Waals surface area contributed by atoms with Crippen molar-refractivity contribution in [3.8, 4) is 23.0 Å². The number of hydrogen-bond donors (Lipinski definition) is 0. The van der Waals surface area contributed by atoms with E-state index >= 15 is 0 Å². The maximum atomic E-state index is 11.7. The highest BCUT2D eigenvalue weighted by Gasteiger charge is 2.35. The van der Waals surface area contributed by atoms with Gasteiger partial charge in [-0.1, -0.05) is 12.1 Å². The minimum absolute atomic E-state index is 0.0247. The fourth-order valence-electron chi connectivity index (χ4n) is 4.88.